The molecule has 2 heterocycles. The normalized spacial score (nSPS) is 14.8. The smallest absolute Gasteiger partial charge is 0.328 e. The van der Waals surface area contributed by atoms with E-state index in [1.54, 1.807) is 33.7 Å². The number of hydrogen-bond donors (Lipinski definition) is 1. The molecule has 1 unspecified atom stereocenters. The molecule has 1 aliphatic rings. The molecule has 4 rings (SSSR count). The van der Waals surface area contributed by atoms with Crippen LogP contribution in [0, 0.1) is 18.3 Å². The molecular weight excluding hydrogens is 376 g/mol. The molecule has 154 valence electrons. The molecule has 0 fully saturated rings. The number of β-amino-alcohol motifs (C(OH)–C–C–N with tert-alkyl or cyclic N) is 1. The lowest BCUT2D eigenvalue weighted by molar-refractivity contribution is 0.0909. The van der Waals surface area contributed by atoms with Crippen LogP contribution < -0.4 is 5.69 Å². The standard InChI is InChI=1S/C24H26N4O2/c1-18-2-7-21-8-9-26(15-22(21)12-18)16-23(29)17-28-11-10-27(24(28)30)14-20-5-3-19(13-25)4-6-20/h2-7,10-12,23,29H,8-9,14-17H2,1H3. The summed E-state index contributed by atoms with van der Waals surface area (Å²) in [6, 6.07) is 15.9. The maximum absolute atomic E-state index is 12.7. The summed E-state index contributed by atoms with van der Waals surface area (Å²) < 4.78 is 3.18. The second-order valence-electron chi connectivity index (χ2n) is 8.08. The Kier molecular flexibility index (Phi) is 5.84. The fourth-order valence-corrected chi connectivity index (χ4v) is 4.08. The van der Waals surface area contributed by atoms with Gasteiger partial charge in [0, 0.05) is 32.0 Å². The Morgan fingerprint density at radius 1 is 1.07 bits per heavy atom. The number of nitriles is 1. The lowest BCUT2D eigenvalue weighted by Gasteiger charge is -2.30. The van der Waals surface area contributed by atoms with Gasteiger partial charge in [-0.3, -0.25) is 14.0 Å². The van der Waals surface area contributed by atoms with Gasteiger partial charge < -0.3 is 5.11 Å². The van der Waals surface area contributed by atoms with E-state index in [2.05, 4.69) is 36.1 Å². The molecule has 0 amide bonds. The van der Waals surface area contributed by atoms with Crippen LogP contribution in [-0.2, 0) is 26.1 Å². The third-order valence-corrected chi connectivity index (χ3v) is 5.68. The van der Waals surface area contributed by atoms with Crippen LogP contribution in [0.4, 0.5) is 0 Å². The second-order valence-corrected chi connectivity index (χ2v) is 8.08. The molecule has 6 heteroatoms. The van der Waals surface area contributed by atoms with Crippen LogP contribution in [0.3, 0.4) is 0 Å². The molecule has 0 saturated carbocycles. The first-order valence-corrected chi connectivity index (χ1v) is 10.3. The van der Waals surface area contributed by atoms with Crippen LogP contribution in [-0.4, -0.2) is 38.3 Å². The lowest BCUT2D eigenvalue weighted by atomic mass is 9.97. The van der Waals surface area contributed by atoms with Gasteiger partial charge in [0.25, 0.3) is 0 Å². The molecule has 0 aliphatic carbocycles. The molecule has 2 aromatic carbocycles. The van der Waals surface area contributed by atoms with E-state index in [0.717, 1.165) is 25.1 Å². The maximum Gasteiger partial charge on any atom is 0.328 e. The molecule has 1 aromatic heterocycles. The molecule has 0 spiro atoms. The van der Waals surface area contributed by atoms with Crippen LogP contribution in [0.2, 0.25) is 0 Å². The minimum atomic E-state index is -0.611. The Balaban J connectivity index is 1.36. The van der Waals surface area contributed by atoms with E-state index in [1.807, 2.05) is 12.1 Å². The Morgan fingerprint density at radius 3 is 2.60 bits per heavy atom. The second kappa shape index (κ2) is 8.70. The first-order valence-electron chi connectivity index (χ1n) is 10.3. The van der Waals surface area contributed by atoms with Crippen molar-refractivity contribution in [3.63, 3.8) is 0 Å². The molecule has 30 heavy (non-hydrogen) atoms. The van der Waals surface area contributed by atoms with Crippen LogP contribution in [0.1, 0.15) is 27.8 Å². The largest absolute Gasteiger partial charge is 0.390 e. The number of aliphatic hydroxyl groups excluding tert-OH is 1. The number of benzene rings is 2. The number of fused-ring (bicyclic) bond motifs is 1. The summed E-state index contributed by atoms with van der Waals surface area (Å²) in [5, 5.41) is 19.5. The lowest BCUT2D eigenvalue weighted by Crippen LogP contribution is -2.39. The first-order chi connectivity index (χ1) is 14.5. The highest BCUT2D eigenvalue weighted by Gasteiger charge is 2.19. The summed E-state index contributed by atoms with van der Waals surface area (Å²) in [7, 11) is 0. The summed E-state index contributed by atoms with van der Waals surface area (Å²) in [6.45, 7) is 5.11. The van der Waals surface area contributed by atoms with E-state index in [-0.39, 0.29) is 12.2 Å². The van der Waals surface area contributed by atoms with E-state index < -0.39 is 6.10 Å². The van der Waals surface area contributed by atoms with Crippen LogP contribution in [0.5, 0.6) is 0 Å². The van der Waals surface area contributed by atoms with Gasteiger partial charge in [0.2, 0.25) is 0 Å². The maximum atomic E-state index is 12.7. The van der Waals surface area contributed by atoms with E-state index >= 15 is 0 Å². The summed E-state index contributed by atoms with van der Waals surface area (Å²) in [6.07, 6.45) is 3.85. The highest BCUT2D eigenvalue weighted by atomic mass is 16.3. The van der Waals surface area contributed by atoms with E-state index in [4.69, 9.17) is 5.26 Å². The third kappa shape index (κ3) is 4.54. The molecule has 3 aromatic rings. The van der Waals surface area contributed by atoms with Crippen molar-refractivity contribution in [1.82, 2.24) is 14.0 Å². The Labute approximate surface area is 176 Å². The van der Waals surface area contributed by atoms with Gasteiger partial charge in [0.15, 0.2) is 0 Å². The number of imidazole rings is 1. The van der Waals surface area contributed by atoms with Crippen LogP contribution in [0.15, 0.2) is 59.7 Å². The van der Waals surface area contributed by atoms with Crippen molar-refractivity contribution in [3.8, 4) is 6.07 Å². The van der Waals surface area contributed by atoms with Gasteiger partial charge in [-0.25, -0.2) is 4.79 Å². The van der Waals surface area contributed by atoms with Gasteiger partial charge in [-0.05, 0) is 42.2 Å². The SMILES string of the molecule is Cc1ccc2c(c1)CN(CC(O)Cn1ccn(Cc3ccc(C#N)cc3)c1=O)CC2. The van der Waals surface area contributed by atoms with Crippen molar-refractivity contribution in [2.75, 3.05) is 13.1 Å². The fraction of sp³-hybridized carbons (Fsp3) is 0.333. The summed E-state index contributed by atoms with van der Waals surface area (Å²) in [5.41, 5.74) is 5.39. The van der Waals surface area contributed by atoms with E-state index in [9.17, 15) is 9.90 Å². The fourth-order valence-electron chi connectivity index (χ4n) is 4.08. The Morgan fingerprint density at radius 2 is 1.83 bits per heavy atom. The van der Waals surface area contributed by atoms with Crippen LogP contribution in [0.25, 0.3) is 0 Å². The topological polar surface area (TPSA) is 74.2 Å². The van der Waals surface area contributed by atoms with Crippen molar-refractivity contribution >= 4 is 0 Å². The van der Waals surface area contributed by atoms with Crippen molar-refractivity contribution in [2.24, 2.45) is 0 Å². The first kappa shape index (κ1) is 20.1. The molecule has 6 nitrogen and oxygen atoms in total. The Bertz CT molecular complexity index is 1120. The molecular formula is C24H26N4O2. The average molecular weight is 402 g/mol. The van der Waals surface area contributed by atoms with Crippen LogP contribution >= 0.6 is 0 Å². The predicted molar refractivity (Wildman–Crippen MR) is 115 cm³/mol. The minimum Gasteiger partial charge on any atom is -0.390 e. The van der Waals surface area contributed by atoms with Crippen molar-refractivity contribution < 1.29 is 5.11 Å². The van der Waals surface area contributed by atoms with E-state index in [1.165, 1.54) is 16.7 Å². The van der Waals surface area contributed by atoms with Gasteiger partial charge >= 0.3 is 5.69 Å². The van der Waals surface area contributed by atoms with Gasteiger partial charge in [-0.2, -0.15) is 5.26 Å². The van der Waals surface area contributed by atoms with Gasteiger partial charge in [0.05, 0.1) is 30.8 Å². The molecule has 1 aliphatic heterocycles. The number of aryl methyl sites for hydroxylation is 1. The molecule has 1 atom stereocenters. The number of hydrogen-bond acceptors (Lipinski definition) is 4. The van der Waals surface area contributed by atoms with Gasteiger partial charge in [-0.1, -0.05) is 35.9 Å². The molecule has 0 bridgehead atoms. The average Bonchev–Trinajstić information content (AvgIpc) is 3.07. The van der Waals surface area contributed by atoms with Gasteiger partial charge in [0.1, 0.15) is 0 Å². The van der Waals surface area contributed by atoms with Crippen molar-refractivity contribution in [2.45, 2.75) is 39.1 Å². The minimum absolute atomic E-state index is 0.141. The molecule has 1 N–H and O–H groups in total. The van der Waals surface area contributed by atoms with Crippen molar-refractivity contribution in [1.29, 1.82) is 5.26 Å². The quantitative estimate of drug-likeness (QED) is 0.687. The summed E-state index contributed by atoms with van der Waals surface area (Å²) >= 11 is 0. The van der Waals surface area contributed by atoms with Gasteiger partial charge in [-0.15, -0.1) is 0 Å². The zero-order valence-electron chi connectivity index (χ0n) is 17.2. The summed E-state index contributed by atoms with van der Waals surface area (Å²) in [5.74, 6) is 0. The number of rotatable bonds is 6. The zero-order valence-corrected chi connectivity index (χ0v) is 17.2. The molecule has 0 saturated heterocycles. The number of aromatic nitrogens is 2. The zero-order chi connectivity index (χ0) is 21.1. The third-order valence-electron chi connectivity index (χ3n) is 5.68. The van der Waals surface area contributed by atoms with E-state index in [0.29, 0.717) is 18.7 Å². The number of nitrogens with zero attached hydrogens (tertiary/aromatic N) is 4. The highest BCUT2D eigenvalue weighted by molar-refractivity contribution is 5.33. The molecule has 0 radical (unpaired) electrons. The highest BCUT2D eigenvalue weighted by Crippen LogP contribution is 2.20. The predicted octanol–water partition coefficient (Wildman–Crippen LogP) is 2.30. The number of aliphatic hydroxyl groups is 1. The van der Waals surface area contributed by atoms with Crippen molar-refractivity contribution in [3.05, 3.63) is 93.2 Å². The Hall–Kier alpha value is -3.14. The summed E-state index contributed by atoms with van der Waals surface area (Å²) in [4.78, 5) is 14.9. The monoisotopic (exact) mass is 402 g/mol.